The summed E-state index contributed by atoms with van der Waals surface area (Å²) in [5.74, 6) is 0. The lowest BCUT2D eigenvalue weighted by Gasteiger charge is -2.24. The summed E-state index contributed by atoms with van der Waals surface area (Å²) in [6.07, 6.45) is 5.71. The van der Waals surface area contributed by atoms with Gasteiger partial charge in [-0.25, -0.2) is 0 Å². The Morgan fingerprint density at radius 1 is 0.783 bits per heavy atom. The molecule has 0 radical (unpaired) electrons. The van der Waals surface area contributed by atoms with Crippen LogP contribution >= 0.6 is 0 Å². The van der Waals surface area contributed by atoms with Crippen molar-refractivity contribution in [2.45, 2.75) is 58.1 Å². The highest BCUT2D eigenvalue weighted by atomic mass is 16.7. The normalized spacial score (nSPS) is 13.7. The van der Waals surface area contributed by atoms with E-state index < -0.39 is 0 Å². The van der Waals surface area contributed by atoms with Crippen molar-refractivity contribution in [1.82, 2.24) is 5.48 Å². The van der Waals surface area contributed by atoms with Gasteiger partial charge in [-0.3, -0.25) is 4.84 Å². The van der Waals surface area contributed by atoms with E-state index in [0.29, 0.717) is 0 Å². The molecule has 0 aliphatic carbocycles. The number of hydroxylamine groups is 1. The van der Waals surface area contributed by atoms with E-state index in [0.717, 1.165) is 19.3 Å². The number of benzene rings is 2. The Labute approximate surface area is 140 Å². The lowest BCUT2D eigenvalue weighted by atomic mass is 10.0. The monoisotopic (exact) mass is 311 g/mol. The number of nitrogens with one attached hydrogen (secondary N) is 1. The quantitative estimate of drug-likeness (QED) is 0.545. The van der Waals surface area contributed by atoms with Crippen molar-refractivity contribution in [2.75, 3.05) is 0 Å². The van der Waals surface area contributed by atoms with Crippen LogP contribution in [0.4, 0.5) is 0 Å². The van der Waals surface area contributed by atoms with E-state index in [4.69, 9.17) is 4.84 Å². The van der Waals surface area contributed by atoms with Crippen molar-refractivity contribution >= 4 is 0 Å². The van der Waals surface area contributed by atoms with Gasteiger partial charge in [-0.1, -0.05) is 93.8 Å². The highest BCUT2D eigenvalue weighted by Crippen LogP contribution is 2.25. The van der Waals surface area contributed by atoms with E-state index in [1.54, 1.807) is 0 Å². The Balaban J connectivity index is 2.03. The maximum Gasteiger partial charge on any atom is 0.104 e. The summed E-state index contributed by atoms with van der Waals surface area (Å²) in [7, 11) is 0. The van der Waals surface area contributed by atoms with Crippen LogP contribution in [0.5, 0.6) is 0 Å². The van der Waals surface area contributed by atoms with Crippen LogP contribution < -0.4 is 5.48 Å². The lowest BCUT2D eigenvalue weighted by Crippen LogP contribution is -2.24. The third kappa shape index (κ3) is 5.81. The van der Waals surface area contributed by atoms with Crippen LogP contribution in [-0.2, 0) is 4.84 Å². The standard InChI is InChI=1S/C21H29NO/c1-3-5-17-20(18-13-8-6-9-14-18)22-23-21(12-4-2)19-15-10-7-11-16-19/h6-11,13-16,20-22H,3-5,12,17H2,1-2H3/t20?,21-/m0/s1. The zero-order valence-electron chi connectivity index (χ0n) is 14.4. The second kappa shape index (κ2) is 10.2. The SMILES string of the molecule is CCCCC(NO[C@@H](CCC)c1ccccc1)c1ccccc1. The molecule has 2 aromatic carbocycles. The highest BCUT2D eigenvalue weighted by molar-refractivity contribution is 5.19. The molecule has 0 aliphatic heterocycles. The van der Waals surface area contributed by atoms with Crippen molar-refractivity contribution in [1.29, 1.82) is 0 Å². The second-order valence-corrected chi connectivity index (χ2v) is 6.03. The molecule has 124 valence electrons. The topological polar surface area (TPSA) is 21.3 Å². The number of hydrogen-bond donors (Lipinski definition) is 1. The van der Waals surface area contributed by atoms with Crippen LogP contribution in [0.25, 0.3) is 0 Å². The van der Waals surface area contributed by atoms with Crippen molar-refractivity contribution < 1.29 is 4.84 Å². The fourth-order valence-electron chi connectivity index (χ4n) is 2.78. The highest BCUT2D eigenvalue weighted by Gasteiger charge is 2.16. The minimum Gasteiger partial charge on any atom is -0.293 e. The smallest absolute Gasteiger partial charge is 0.104 e. The van der Waals surface area contributed by atoms with Gasteiger partial charge in [0.05, 0.1) is 6.04 Å². The van der Waals surface area contributed by atoms with Crippen molar-refractivity contribution in [3.63, 3.8) is 0 Å². The molecule has 1 unspecified atom stereocenters. The van der Waals surface area contributed by atoms with Crippen LogP contribution in [0.1, 0.15) is 69.2 Å². The average Bonchev–Trinajstić information content (AvgIpc) is 2.62. The number of hydrogen-bond acceptors (Lipinski definition) is 2. The molecular weight excluding hydrogens is 282 g/mol. The van der Waals surface area contributed by atoms with E-state index in [9.17, 15) is 0 Å². The summed E-state index contributed by atoms with van der Waals surface area (Å²) in [5.41, 5.74) is 5.89. The molecule has 2 rings (SSSR count). The summed E-state index contributed by atoms with van der Waals surface area (Å²) in [5, 5.41) is 0. The first-order valence-corrected chi connectivity index (χ1v) is 8.86. The molecule has 0 amide bonds. The third-order valence-electron chi connectivity index (χ3n) is 4.12. The van der Waals surface area contributed by atoms with Gasteiger partial charge in [-0.15, -0.1) is 0 Å². The van der Waals surface area contributed by atoms with E-state index in [-0.39, 0.29) is 12.1 Å². The second-order valence-electron chi connectivity index (χ2n) is 6.03. The summed E-state index contributed by atoms with van der Waals surface area (Å²) >= 11 is 0. The number of rotatable bonds is 10. The Kier molecular flexibility index (Phi) is 7.85. The fraction of sp³-hybridized carbons (Fsp3) is 0.429. The molecule has 23 heavy (non-hydrogen) atoms. The Morgan fingerprint density at radius 2 is 1.39 bits per heavy atom. The minimum atomic E-state index is 0.106. The lowest BCUT2D eigenvalue weighted by molar-refractivity contribution is -0.0524. The first kappa shape index (κ1) is 17.7. The molecule has 0 spiro atoms. The summed E-state index contributed by atoms with van der Waals surface area (Å²) in [6, 6.07) is 21.3. The van der Waals surface area contributed by atoms with Gasteiger partial charge in [0.1, 0.15) is 6.10 Å². The fourth-order valence-corrected chi connectivity index (χ4v) is 2.78. The van der Waals surface area contributed by atoms with Crippen LogP contribution in [0, 0.1) is 0 Å². The maximum absolute atomic E-state index is 6.13. The van der Waals surface area contributed by atoms with Gasteiger partial charge in [-0.05, 0) is 24.0 Å². The van der Waals surface area contributed by atoms with E-state index in [1.807, 2.05) is 6.07 Å². The largest absolute Gasteiger partial charge is 0.293 e. The van der Waals surface area contributed by atoms with Crippen molar-refractivity contribution in [3.8, 4) is 0 Å². The van der Waals surface area contributed by atoms with Gasteiger partial charge >= 0.3 is 0 Å². The van der Waals surface area contributed by atoms with Crippen molar-refractivity contribution in [3.05, 3.63) is 71.8 Å². The molecular formula is C21H29NO. The van der Waals surface area contributed by atoms with Crippen LogP contribution in [0.15, 0.2) is 60.7 Å². The van der Waals surface area contributed by atoms with Gasteiger partial charge in [0.2, 0.25) is 0 Å². The zero-order chi connectivity index (χ0) is 16.3. The van der Waals surface area contributed by atoms with Crippen molar-refractivity contribution in [2.24, 2.45) is 0 Å². The first-order chi connectivity index (χ1) is 11.3. The van der Waals surface area contributed by atoms with Crippen LogP contribution in [0.3, 0.4) is 0 Å². The average molecular weight is 311 g/mol. The molecule has 0 aliphatic rings. The molecule has 0 bridgehead atoms. The third-order valence-corrected chi connectivity index (χ3v) is 4.12. The summed E-state index contributed by atoms with van der Waals surface area (Å²) in [6.45, 7) is 4.43. The van der Waals surface area contributed by atoms with E-state index in [1.165, 1.54) is 24.0 Å². The van der Waals surface area contributed by atoms with E-state index >= 15 is 0 Å². The van der Waals surface area contributed by atoms with Crippen LogP contribution in [0.2, 0.25) is 0 Å². The predicted molar refractivity (Wildman–Crippen MR) is 97.0 cm³/mol. The molecule has 0 heterocycles. The Hall–Kier alpha value is -1.64. The summed E-state index contributed by atoms with van der Waals surface area (Å²) in [4.78, 5) is 6.13. The first-order valence-electron chi connectivity index (χ1n) is 8.86. The number of unbranched alkanes of at least 4 members (excludes halogenated alkanes) is 1. The maximum atomic E-state index is 6.13. The molecule has 0 fully saturated rings. The molecule has 2 aromatic rings. The van der Waals surface area contributed by atoms with Gasteiger partial charge in [0, 0.05) is 0 Å². The van der Waals surface area contributed by atoms with Gasteiger partial charge < -0.3 is 0 Å². The van der Waals surface area contributed by atoms with Gasteiger partial charge in [-0.2, -0.15) is 5.48 Å². The van der Waals surface area contributed by atoms with Crippen LogP contribution in [-0.4, -0.2) is 0 Å². The Bertz CT molecular complexity index is 526. The molecule has 2 atom stereocenters. The molecule has 0 saturated carbocycles. The predicted octanol–water partition coefficient (Wildman–Crippen LogP) is 5.98. The molecule has 0 aromatic heterocycles. The zero-order valence-corrected chi connectivity index (χ0v) is 14.4. The molecule has 2 heteroatoms. The van der Waals surface area contributed by atoms with Gasteiger partial charge in [0.15, 0.2) is 0 Å². The van der Waals surface area contributed by atoms with Gasteiger partial charge in [0.25, 0.3) is 0 Å². The summed E-state index contributed by atoms with van der Waals surface area (Å²) < 4.78 is 0. The Morgan fingerprint density at radius 3 is 1.96 bits per heavy atom. The molecule has 1 N–H and O–H groups in total. The molecule has 0 saturated heterocycles. The van der Waals surface area contributed by atoms with E-state index in [2.05, 4.69) is 73.9 Å². The minimum absolute atomic E-state index is 0.106. The molecule has 2 nitrogen and oxygen atoms in total.